The van der Waals surface area contributed by atoms with Gasteiger partial charge in [0.2, 0.25) is 0 Å². The maximum Gasteiger partial charge on any atom is 0.254 e. The minimum absolute atomic E-state index is 0.0279. The number of fused-ring (bicyclic) bond motifs is 2. The van der Waals surface area contributed by atoms with Crippen molar-refractivity contribution in [3.63, 3.8) is 0 Å². The van der Waals surface area contributed by atoms with Gasteiger partial charge in [-0.15, -0.1) is 0 Å². The Balaban J connectivity index is 1.70. The van der Waals surface area contributed by atoms with Gasteiger partial charge in [-0.25, -0.2) is 0 Å². The summed E-state index contributed by atoms with van der Waals surface area (Å²) in [5, 5.41) is 21.6. The lowest BCUT2D eigenvalue weighted by molar-refractivity contribution is 0.0658. The molecule has 0 saturated carbocycles. The smallest absolute Gasteiger partial charge is 0.254 e. The van der Waals surface area contributed by atoms with E-state index >= 15 is 0 Å². The van der Waals surface area contributed by atoms with E-state index in [0.29, 0.717) is 42.0 Å². The van der Waals surface area contributed by atoms with Gasteiger partial charge >= 0.3 is 0 Å². The SMILES string of the molecule is COc1cc2c(cc1O)CC1c3c(cc(OC)c(O)c3-2)CCN1C(=O)c1cc(C)cc(C)c1. The number of rotatable bonds is 3. The molecule has 1 aliphatic heterocycles. The highest BCUT2D eigenvalue weighted by molar-refractivity contribution is 5.96. The van der Waals surface area contributed by atoms with E-state index in [9.17, 15) is 15.0 Å². The standard InChI is InChI=1S/C27H27NO5/c1-14-7-15(2)9-18(8-14)27(31)28-6-5-16-12-23(33-4)26(30)25-19-13-22(32-3)21(29)11-17(19)10-20(28)24(16)25/h7-9,11-13,20,29-30H,5-6,10H2,1-4H3. The number of phenolic OH excluding ortho intramolecular Hbond substituents is 2. The van der Waals surface area contributed by atoms with Crippen molar-refractivity contribution >= 4 is 5.91 Å². The number of methoxy groups -OCH3 is 2. The molecule has 0 bridgehead atoms. The first-order valence-electron chi connectivity index (χ1n) is 11.0. The van der Waals surface area contributed by atoms with Crippen molar-refractivity contribution in [2.75, 3.05) is 20.8 Å². The number of benzene rings is 3. The minimum Gasteiger partial charge on any atom is -0.504 e. The molecule has 1 heterocycles. The van der Waals surface area contributed by atoms with Crippen LogP contribution in [0.4, 0.5) is 0 Å². The zero-order valence-corrected chi connectivity index (χ0v) is 19.2. The molecular weight excluding hydrogens is 418 g/mol. The Kier molecular flexibility index (Phi) is 4.96. The molecule has 0 spiro atoms. The number of nitrogens with zero attached hydrogens (tertiary/aromatic N) is 1. The predicted molar refractivity (Wildman–Crippen MR) is 125 cm³/mol. The van der Waals surface area contributed by atoms with Crippen LogP contribution >= 0.6 is 0 Å². The maximum absolute atomic E-state index is 13.7. The van der Waals surface area contributed by atoms with Crippen molar-refractivity contribution in [3.05, 3.63) is 69.8 Å². The summed E-state index contributed by atoms with van der Waals surface area (Å²) in [7, 11) is 3.03. The van der Waals surface area contributed by atoms with Gasteiger partial charge in [0.05, 0.1) is 20.3 Å². The minimum atomic E-state index is -0.255. The molecule has 0 aromatic heterocycles. The summed E-state index contributed by atoms with van der Waals surface area (Å²) >= 11 is 0. The number of carbonyl (C=O) groups is 1. The number of ether oxygens (including phenoxy) is 2. The molecular formula is C27H27NO5. The summed E-state index contributed by atoms with van der Waals surface area (Å²) in [4.78, 5) is 15.6. The first kappa shape index (κ1) is 21.2. The van der Waals surface area contributed by atoms with Crippen molar-refractivity contribution < 1.29 is 24.5 Å². The molecule has 1 amide bonds. The zero-order valence-electron chi connectivity index (χ0n) is 19.2. The molecule has 3 aromatic carbocycles. The fourth-order valence-electron chi connectivity index (χ4n) is 5.39. The molecule has 1 aliphatic carbocycles. The van der Waals surface area contributed by atoms with E-state index in [1.54, 1.807) is 12.1 Å². The lowest BCUT2D eigenvalue weighted by Gasteiger charge is -2.42. The first-order valence-corrected chi connectivity index (χ1v) is 11.0. The van der Waals surface area contributed by atoms with Crippen molar-refractivity contribution in [2.24, 2.45) is 0 Å². The van der Waals surface area contributed by atoms with E-state index < -0.39 is 0 Å². The second-order valence-corrected chi connectivity index (χ2v) is 8.90. The Morgan fingerprint density at radius 1 is 0.939 bits per heavy atom. The van der Waals surface area contributed by atoms with Crippen LogP contribution in [0.2, 0.25) is 0 Å². The Morgan fingerprint density at radius 2 is 1.64 bits per heavy atom. The van der Waals surface area contributed by atoms with Gasteiger partial charge < -0.3 is 24.6 Å². The lowest BCUT2D eigenvalue weighted by Crippen LogP contribution is -2.42. The Labute approximate surface area is 193 Å². The normalized spacial score (nSPS) is 16.1. The summed E-state index contributed by atoms with van der Waals surface area (Å²) in [6, 6.07) is 10.9. The summed E-state index contributed by atoms with van der Waals surface area (Å²) in [6.07, 6.45) is 1.20. The van der Waals surface area contributed by atoms with Crippen LogP contribution in [-0.2, 0) is 12.8 Å². The summed E-state index contributed by atoms with van der Waals surface area (Å²) in [5.41, 5.74) is 7.04. The molecule has 6 heteroatoms. The van der Waals surface area contributed by atoms with Crippen LogP contribution < -0.4 is 9.47 Å². The van der Waals surface area contributed by atoms with Gasteiger partial charge in [-0.05, 0) is 79.3 Å². The van der Waals surface area contributed by atoms with Crippen molar-refractivity contribution in [3.8, 4) is 34.1 Å². The molecule has 5 rings (SSSR count). The van der Waals surface area contributed by atoms with Gasteiger partial charge in [0.15, 0.2) is 23.0 Å². The van der Waals surface area contributed by atoms with E-state index in [0.717, 1.165) is 33.4 Å². The van der Waals surface area contributed by atoms with Crippen LogP contribution in [0.25, 0.3) is 11.1 Å². The van der Waals surface area contributed by atoms with Crippen LogP contribution in [0.15, 0.2) is 36.4 Å². The molecule has 2 N–H and O–H groups in total. The Bertz CT molecular complexity index is 1280. The first-order chi connectivity index (χ1) is 15.8. The number of amides is 1. The molecule has 0 fully saturated rings. The zero-order chi connectivity index (χ0) is 23.4. The molecule has 6 nitrogen and oxygen atoms in total. The van der Waals surface area contributed by atoms with Crippen LogP contribution in [-0.4, -0.2) is 41.8 Å². The fourth-order valence-corrected chi connectivity index (χ4v) is 5.39. The quantitative estimate of drug-likeness (QED) is 0.611. The number of carbonyl (C=O) groups excluding carboxylic acids is 1. The van der Waals surface area contributed by atoms with Crippen LogP contribution in [0.3, 0.4) is 0 Å². The van der Waals surface area contributed by atoms with Gasteiger partial charge in [0, 0.05) is 17.7 Å². The molecule has 0 saturated heterocycles. The van der Waals surface area contributed by atoms with E-state index in [1.165, 1.54) is 14.2 Å². The van der Waals surface area contributed by atoms with E-state index in [4.69, 9.17) is 9.47 Å². The number of aryl methyl sites for hydroxylation is 2. The molecule has 170 valence electrons. The number of hydrogen-bond donors (Lipinski definition) is 2. The topological polar surface area (TPSA) is 79.2 Å². The molecule has 1 unspecified atom stereocenters. The van der Waals surface area contributed by atoms with Crippen molar-refractivity contribution in [1.29, 1.82) is 0 Å². The summed E-state index contributed by atoms with van der Waals surface area (Å²) in [6.45, 7) is 4.55. The third-order valence-corrected chi connectivity index (χ3v) is 6.76. The average Bonchev–Trinajstić information content (AvgIpc) is 2.79. The third kappa shape index (κ3) is 3.28. The van der Waals surface area contributed by atoms with E-state index in [-0.39, 0.29) is 23.4 Å². The molecule has 2 aliphatic rings. The highest BCUT2D eigenvalue weighted by Crippen LogP contribution is 2.53. The molecule has 0 radical (unpaired) electrons. The van der Waals surface area contributed by atoms with E-state index in [1.807, 2.05) is 36.9 Å². The van der Waals surface area contributed by atoms with Gasteiger partial charge in [-0.3, -0.25) is 4.79 Å². The Morgan fingerprint density at radius 3 is 2.30 bits per heavy atom. The fraction of sp³-hybridized carbons (Fsp3) is 0.296. The molecule has 1 atom stereocenters. The van der Waals surface area contributed by atoms with Gasteiger partial charge in [-0.1, -0.05) is 17.2 Å². The molecule has 33 heavy (non-hydrogen) atoms. The highest BCUT2D eigenvalue weighted by Gasteiger charge is 2.39. The largest absolute Gasteiger partial charge is 0.504 e. The monoisotopic (exact) mass is 445 g/mol. The highest BCUT2D eigenvalue weighted by atomic mass is 16.5. The van der Waals surface area contributed by atoms with Gasteiger partial charge in [0.1, 0.15) is 0 Å². The number of aromatic hydroxyl groups is 2. The van der Waals surface area contributed by atoms with E-state index in [2.05, 4.69) is 6.07 Å². The lowest BCUT2D eigenvalue weighted by atomic mass is 9.76. The summed E-state index contributed by atoms with van der Waals surface area (Å²) in [5.74, 6) is 0.777. The predicted octanol–water partition coefficient (Wildman–Crippen LogP) is 4.69. The van der Waals surface area contributed by atoms with Crippen molar-refractivity contribution in [2.45, 2.75) is 32.7 Å². The average molecular weight is 446 g/mol. The molecule has 3 aromatic rings. The van der Waals surface area contributed by atoms with Crippen molar-refractivity contribution in [1.82, 2.24) is 4.90 Å². The van der Waals surface area contributed by atoms with Gasteiger partial charge in [0.25, 0.3) is 5.91 Å². The number of phenols is 2. The van der Waals surface area contributed by atoms with Crippen LogP contribution in [0.5, 0.6) is 23.0 Å². The van der Waals surface area contributed by atoms with Crippen LogP contribution in [0.1, 0.15) is 44.2 Å². The second-order valence-electron chi connectivity index (χ2n) is 8.90. The Hall–Kier alpha value is -3.67. The summed E-state index contributed by atoms with van der Waals surface area (Å²) < 4.78 is 10.8. The maximum atomic E-state index is 13.7. The third-order valence-electron chi connectivity index (χ3n) is 6.76. The van der Waals surface area contributed by atoms with Gasteiger partial charge in [-0.2, -0.15) is 0 Å². The number of hydrogen-bond acceptors (Lipinski definition) is 5. The second kappa shape index (κ2) is 7.73. The van der Waals surface area contributed by atoms with Crippen LogP contribution in [0, 0.1) is 13.8 Å².